The predicted molar refractivity (Wildman–Crippen MR) is 81.9 cm³/mol. The second-order valence-corrected chi connectivity index (χ2v) is 18.4. The minimum absolute atomic E-state index is 1.32. The first kappa shape index (κ1) is 15.9. The molecule has 3 heteroatoms. The third-order valence-corrected chi connectivity index (χ3v) is 19.5. The molecule has 1 heterocycles. The molecule has 18 heavy (non-hydrogen) atoms. The predicted octanol–water partition coefficient (Wildman–Crippen LogP) is 4.14. The number of hydrogen-bond donors (Lipinski definition) is 0. The summed E-state index contributed by atoms with van der Waals surface area (Å²) < 4.78 is 5.90. The van der Waals surface area contributed by atoms with Crippen LogP contribution in [-0.4, -0.2) is 28.3 Å². The fourth-order valence-electron chi connectivity index (χ4n) is 2.87. The molecule has 0 spiro atoms. The van der Waals surface area contributed by atoms with Crippen molar-refractivity contribution in [1.82, 2.24) is 9.97 Å². The Hall–Kier alpha value is -0.121. The van der Waals surface area contributed by atoms with Gasteiger partial charge in [0.2, 0.25) is 0 Å². The van der Waals surface area contributed by atoms with Crippen molar-refractivity contribution in [3.05, 3.63) is 18.6 Å². The summed E-state index contributed by atoms with van der Waals surface area (Å²) >= 11 is -2.21. The van der Waals surface area contributed by atoms with Crippen LogP contribution >= 0.6 is 0 Å². The fourth-order valence-corrected chi connectivity index (χ4v) is 18.0. The first-order chi connectivity index (χ1) is 8.79. The third-order valence-electron chi connectivity index (χ3n) is 3.87. The molecular weight excluding hydrogens is 327 g/mol. The monoisotopic (exact) mass is 356 g/mol. The van der Waals surface area contributed by atoms with Crippen molar-refractivity contribution < 1.29 is 0 Å². The van der Waals surface area contributed by atoms with Crippen LogP contribution in [0.25, 0.3) is 0 Å². The molecule has 0 N–H and O–H groups in total. The molecule has 0 aliphatic heterocycles. The Labute approximate surface area is 117 Å². The van der Waals surface area contributed by atoms with Crippen molar-refractivity contribution in [3.63, 3.8) is 0 Å². The van der Waals surface area contributed by atoms with Crippen molar-refractivity contribution in [2.24, 2.45) is 0 Å². The van der Waals surface area contributed by atoms with Crippen LogP contribution in [0, 0.1) is 0 Å². The summed E-state index contributed by atoms with van der Waals surface area (Å²) in [6.07, 6.45) is 10.5. The summed E-state index contributed by atoms with van der Waals surface area (Å²) in [6.45, 7) is 6.95. The van der Waals surface area contributed by atoms with E-state index in [4.69, 9.17) is 0 Å². The Kier molecular flexibility index (Phi) is 7.87. The molecule has 0 fully saturated rings. The maximum absolute atomic E-state index is 4.66. The molecule has 0 aromatic carbocycles. The van der Waals surface area contributed by atoms with E-state index in [1.54, 1.807) is 6.33 Å². The van der Waals surface area contributed by atoms with Crippen LogP contribution in [0.2, 0.25) is 13.3 Å². The van der Waals surface area contributed by atoms with Gasteiger partial charge in [-0.05, 0) is 0 Å². The molecule has 0 aliphatic carbocycles. The molecular formula is C15H28N2Sn. The summed E-state index contributed by atoms with van der Waals surface area (Å²) in [5, 5.41) is 0. The van der Waals surface area contributed by atoms with Crippen molar-refractivity contribution in [2.75, 3.05) is 0 Å². The summed E-state index contributed by atoms with van der Waals surface area (Å²) in [5.41, 5.74) is 0. The number of aromatic nitrogens is 2. The van der Waals surface area contributed by atoms with E-state index in [0.29, 0.717) is 0 Å². The van der Waals surface area contributed by atoms with Gasteiger partial charge in [-0.1, -0.05) is 0 Å². The number of hydrogen-bond acceptors (Lipinski definition) is 2. The molecule has 0 atom stereocenters. The van der Waals surface area contributed by atoms with E-state index in [0.717, 1.165) is 0 Å². The van der Waals surface area contributed by atoms with E-state index in [-0.39, 0.29) is 0 Å². The van der Waals surface area contributed by atoms with Gasteiger partial charge in [0.1, 0.15) is 0 Å². The maximum atomic E-state index is 4.66. The molecule has 0 amide bonds. The summed E-state index contributed by atoms with van der Waals surface area (Å²) in [5.74, 6) is 0. The summed E-state index contributed by atoms with van der Waals surface area (Å²) in [7, 11) is 0. The topological polar surface area (TPSA) is 25.8 Å². The quantitative estimate of drug-likeness (QED) is 0.623. The van der Waals surface area contributed by atoms with Crippen LogP contribution < -0.4 is 3.71 Å². The molecule has 2 nitrogen and oxygen atoms in total. The minimum atomic E-state index is -2.21. The van der Waals surface area contributed by atoms with Gasteiger partial charge >= 0.3 is 117 Å². The van der Waals surface area contributed by atoms with Crippen molar-refractivity contribution in [3.8, 4) is 0 Å². The van der Waals surface area contributed by atoms with E-state index >= 15 is 0 Å². The van der Waals surface area contributed by atoms with Crippen LogP contribution in [0.4, 0.5) is 0 Å². The van der Waals surface area contributed by atoms with E-state index in [1.165, 1.54) is 49.1 Å². The van der Waals surface area contributed by atoms with Gasteiger partial charge < -0.3 is 0 Å². The van der Waals surface area contributed by atoms with Gasteiger partial charge in [0.05, 0.1) is 0 Å². The van der Waals surface area contributed by atoms with Crippen molar-refractivity contribution >= 4 is 22.1 Å². The Bertz CT molecular complexity index is 306. The van der Waals surface area contributed by atoms with Gasteiger partial charge in [0, 0.05) is 0 Å². The van der Waals surface area contributed by atoms with Crippen LogP contribution in [0.3, 0.4) is 0 Å². The third kappa shape index (κ3) is 4.52. The van der Waals surface area contributed by atoms with Crippen LogP contribution in [-0.2, 0) is 0 Å². The first-order valence-corrected chi connectivity index (χ1v) is 15.0. The fraction of sp³-hybridized carbons (Fsp3) is 0.733. The zero-order chi connectivity index (χ0) is 13.3. The van der Waals surface area contributed by atoms with Gasteiger partial charge in [0.25, 0.3) is 0 Å². The standard InChI is InChI=1S/C4H3N2.2C4H9.C3H7.Sn/c1-2-5-4-6-3-1;2*1-3-4-2;1-3-2;/h1-2,4H;2*1,3-4H2,2H3;1,3H2,2H3;. The SMILES string of the molecule is CCC[CH2][Sn]([CH2]CC)([CH2]CCC)[c]1ccncn1. The van der Waals surface area contributed by atoms with Crippen LogP contribution in [0.5, 0.6) is 0 Å². The van der Waals surface area contributed by atoms with Gasteiger partial charge in [0.15, 0.2) is 0 Å². The van der Waals surface area contributed by atoms with Gasteiger partial charge in [-0.25, -0.2) is 0 Å². The molecule has 0 radical (unpaired) electrons. The molecule has 0 aliphatic rings. The molecule has 1 aromatic heterocycles. The van der Waals surface area contributed by atoms with Gasteiger partial charge in [-0.15, -0.1) is 0 Å². The van der Waals surface area contributed by atoms with Gasteiger partial charge in [-0.2, -0.15) is 0 Å². The molecule has 0 bridgehead atoms. The Morgan fingerprint density at radius 1 is 0.944 bits per heavy atom. The number of nitrogens with zero attached hydrogens (tertiary/aromatic N) is 2. The molecule has 0 unspecified atom stereocenters. The van der Waals surface area contributed by atoms with Crippen LogP contribution in [0.15, 0.2) is 18.6 Å². The normalized spacial score (nSPS) is 11.7. The zero-order valence-corrected chi connectivity index (χ0v) is 15.1. The first-order valence-electron chi connectivity index (χ1n) is 7.55. The van der Waals surface area contributed by atoms with Gasteiger partial charge in [-0.3, -0.25) is 0 Å². The van der Waals surface area contributed by atoms with E-state index in [1.807, 2.05) is 6.20 Å². The second-order valence-electron chi connectivity index (χ2n) is 5.33. The van der Waals surface area contributed by atoms with E-state index in [2.05, 4.69) is 36.8 Å². The van der Waals surface area contributed by atoms with E-state index in [9.17, 15) is 0 Å². The summed E-state index contributed by atoms with van der Waals surface area (Å²) in [6, 6.07) is 2.22. The van der Waals surface area contributed by atoms with Crippen LogP contribution in [0.1, 0.15) is 52.9 Å². The molecule has 1 aromatic rings. The van der Waals surface area contributed by atoms with Crippen molar-refractivity contribution in [2.45, 2.75) is 66.2 Å². The second kappa shape index (κ2) is 8.89. The molecule has 0 saturated heterocycles. The zero-order valence-electron chi connectivity index (χ0n) is 12.3. The molecule has 1 rings (SSSR count). The average Bonchev–Trinajstić information content (AvgIpc) is 2.43. The Morgan fingerprint density at radius 3 is 2.06 bits per heavy atom. The Morgan fingerprint density at radius 2 is 1.61 bits per heavy atom. The number of unbranched alkanes of at least 4 members (excludes halogenated alkanes) is 2. The Balaban J connectivity index is 2.94. The molecule has 102 valence electrons. The van der Waals surface area contributed by atoms with E-state index < -0.39 is 18.4 Å². The molecule has 0 saturated carbocycles. The summed E-state index contributed by atoms with van der Waals surface area (Å²) in [4.78, 5) is 8.76. The van der Waals surface area contributed by atoms with Crippen molar-refractivity contribution in [1.29, 1.82) is 0 Å². The average molecular weight is 355 g/mol. The number of rotatable bonds is 9.